The van der Waals surface area contributed by atoms with Gasteiger partial charge in [0.1, 0.15) is 6.61 Å². The van der Waals surface area contributed by atoms with Gasteiger partial charge in [-0.3, -0.25) is 0 Å². The third-order valence-corrected chi connectivity index (χ3v) is 3.31. The van der Waals surface area contributed by atoms with E-state index in [2.05, 4.69) is 11.4 Å². The Morgan fingerprint density at radius 2 is 2.10 bits per heavy atom. The van der Waals surface area contributed by atoms with Crippen LogP contribution in [0.2, 0.25) is 0 Å². The van der Waals surface area contributed by atoms with Gasteiger partial charge in [-0.05, 0) is 38.6 Å². The molecule has 0 heterocycles. The maximum absolute atomic E-state index is 12.8. The number of hydrogen-bond acceptors (Lipinski definition) is 2. The molecule has 0 aromatic carbocycles. The summed E-state index contributed by atoms with van der Waals surface area (Å²) in [6.07, 6.45) is 3.43. The van der Waals surface area contributed by atoms with Crippen LogP contribution in [0.3, 0.4) is 0 Å². The van der Waals surface area contributed by atoms with Crippen molar-refractivity contribution in [3.63, 3.8) is 0 Å². The van der Waals surface area contributed by atoms with Crippen molar-refractivity contribution in [1.82, 2.24) is 5.32 Å². The first-order valence-electron chi connectivity index (χ1n) is 7.13. The lowest BCUT2D eigenvalue weighted by molar-refractivity contribution is -0.166. The van der Waals surface area contributed by atoms with Crippen molar-refractivity contribution in [2.24, 2.45) is 0 Å². The molecule has 0 saturated heterocycles. The molecule has 1 unspecified atom stereocenters. The molecule has 0 radical (unpaired) electrons. The molecule has 0 saturated carbocycles. The second-order valence-corrected chi connectivity index (χ2v) is 5.11. The zero-order chi connectivity index (χ0) is 15.0. The lowest BCUT2D eigenvalue weighted by atomic mass is 9.94. The topological polar surface area (TPSA) is 21.3 Å². The molecule has 0 aromatic heterocycles. The van der Waals surface area contributed by atoms with E-state index in [1.807, 2.05) is 6.92 Å². The van der Waals surface area contributed by atoms with Gasteiger partial charge in [-0.1, -0.05) is 18.6 Å². The lowest BCUT2D eigenvalue weighted by Gasteiger charge is -2.25. The summed E-state index contributed by atoms with van der Waals surface area (Å²) in [7, 11) is 0. The van der Waals surface area contributed by atoms with Gasteiger partial charge in [0, 0.05) is 0 Å². The molecule has 2 nitrogen and oxygen atoms in total. The minimum atomic E-state index is -4.07. The van der Waals surface area contributed by atoms with E-state index in [-0.39, 0.29) is 12.6 Å². The molecule has 0 amide bonds. The van der Waals surface area contributed by atoms with Gasteiger partial charge >= 0.3 is 12.3 Å². The van der Waals surface area contributed by atoms with Gasteiger partial charge < -0.3 is 10.1 Å². The maximum Gasteiger partial charge on any atom is 0.330 e. The average Bonchev–Trinajstić information content (AvgIpc) is 2.43. The molecule has 0 aliphatic heterocycles. The van der Waals surface area contributed by atoms with E-state index in [1.165, 1.54) is 0 Å². The summed E-state index contributed by atoms with van der Waals surface area (Å²) in [5, 5.41) is 3.23. The van der Waals surface area contributed by atoms with E-state index < -0.39 is 19.0 Å². The van der Waals surface area contributed by atoms with Crippen LogP contribution < -0.4 is 5.32 Å². The first kappa shape index (κ1) is 17.4. The van der Waals surface area contributed by atoms with Crippen LogP contribution in [0.1, 0.15) is 39.0 Å². The van der Waals surface area contributed by atoms with Crippen molar-refractivity contribution in [3.05, 3.63) is 11.6 Å². The van der Waals surface area contributed by atoms with Crippen LogP contribution in [0.25, 0.3) is 0 Å². The molecular formula is C14H23F4NO. The van der Waals surface area contributed by atoms with Crippen molar-refractivity contribution in [2.45, 2.75) is 57.4 Å². The first-order valence-corrected chi connectivity index (χ1v) is 7.13. The van der Waals surface area contributed by atoms with E-state index in [0.717, 1.165) is 44.2 Å². The highest BCUT2D eigenvalue weighted by Gasteiger charge is 2.41. The molecular weight excluding hydrogens is 274 g/mol. The predicted octanol–water partition coefficient (Wildman–Crippen LogP) is 3.77. The Labute approximate surface area is 117 Å². The SMILES string of the molecule is CCCNC(COCC(F)(F)C(F)F)C1=CCCCC1. The van der Waals surface area contributed by atoms with Crippen LogP contribution in [-0.4, -0.2) is 38.1 Å². The number of ether oxygens (including phenoxy) is 1. The Bertz CT molecular complexity index is 308. The van der Waals surface area contributed by atoms with Gasteiger partial charge in [-0.15, -0.1) is 0 Å². The Kier molecular flexibility index (Phi) is 7.51. The standard InChI is InChI=1S/C14H23F4NO/c1-2-8-19-12(11-6-4-3-5-7-11)9-20-10-14(17,18)13(15)16/h6,12-13,19H,2-5,7-10H2,1H3. The smallest absolute Gasteiger partial charge is 0.330 e. The number of rotatable bonds is 9. The normalized spacial score (nSPS) is 18.2. The molecule has 0 bridgehead atoms. The van der Waals surface area contributed by atoms with Crippen LogP contribution in [0, 0.1) is 0 Å². The summed E-state index contributed by atoms with van der Waals surface area (Å²) in [4.78, 5) is 0. The van der Waals surface area contributed by atoms with E-state index in [4.69, 9.17) is 4.74 Å². The fourth-order valence-corrected chi connectivity index (χ4v) is 2.17. The number of hydrogen-bond donors (Lipinski definition) is 1. The zero-order valence-corrected chi connectivity index (χ0v) is 11.8. The van der Waals surface area contributed by atoms with Gasteiger partial charge in [-0.2, -0.15) is 8.78 Å². The molecule has 20 heavy (non-hydrogen) atoms. The highest BCUT2D eigenvalue weighted by molar-refractivity contribution is 5.13. The minimum absolute atomic E-state index is 0.00808. The van der Waals surface area contributed by atoms with Crippen molar-refractivity contribution in [3.8, 4) is 0 Å². The zero-order valence-electron chi connectivity index (χ0n) is 11.8. The molecule has 6 heteroatoms. The second kappa shape index (κ2) is 8.62. The van der Waals surface area contributed by atoms with Crippen LogP contribution in [0.5, 0.6) is 0 Å². The summed E-state index contributed by atoms with van der Waals surface area (Å²) in [6.45, 7) is 1.53. The summed E-state index contributed by atoms with van der Waals surface area (Å²) < 4.78 is 54.5. The van der Waals surface area contributed by atoms with Crippen LogP contribution in [-0.2, 0) is 4.74 Å². The summed E-state index contributed by atoms with van der Waals surface area (Å²) >= 11 is 0. The van der Waals surface area contributed by atoms with E-state index >= 15 is 0 Å². The predicted molar refractivity (Wildman–Crippen MR) is 70.4 cm³/mol. The summed E-state index contributed by atoms with van der Waals surface area (Å²) in [5.74, 6) is -4.07. The quantitative estimate of drug-likeness (QED) is 0.516. The van der Waals surface area contributed by atoms with E-state index in [9.17, 15) is 17.6 Å². The second-order valence-electron chi connectivity index (χ2n) is 5.11. The minimum Gasteiger partial charge on any atom is -0.373 e. The third-order valence-electron chi connectivity index (χ3n) is 3.31. The molecule has 1 rings (SSSR count). The van der Waals surface area contributed by atoms with Crippen molar-refractivity contribution >= 4 is 0 Å². The molecule has 0 aromatic rings. The first-order chi connectivity index (χ1) is 9.47. The van der Waals surface area contributed by atoms with Crippen molar-refractivity contribution in [2.75, 3.05) is 19.8 Å². The molecule has 0 spiro atoms. The van der Waals surface area contributed by atoms with Gasteiger partial charge in [-0.25, -0.2) is 8.78 Å². The molecule has 1 atom stereocenters. The summed E-state index contributed by atoms with van der Waals surface area (Å²) in [5.41, 5.74) is 1.14. The monoisotopic (exact) mass is 297 g/mol. The van der Waals surface area contributed by atoms with Gasteiger partial charge in [0.15, 0.2) is 0 Å². The third kappa shape index (κ3) is 5.79. The highest BCUT2D eigenvalue weighted by Crippen LogP contribution is 2.24. The largest absolute Gasteiger partial charge is 0.373 e. The molecule has 0 fully saturated rings. The van der Waals surface area contributed by atoms with Crippen LogP contribution >= 0.6 is 0 Å². The molecule has 118 valence electrons. The number of alkyl halides is 4. The maximum atomic E-state index is 12.8. The molecule has 1 aliphatic rings. The summed E-state index contributed by atoms with van der Waals surface area (Å²) in [6, 6.07) is -0.149. The van der Waals surface area contributed by atoms with E-state index in [1.54, 1.807) is 0 Å². The average molecular weight is 297 g/mol. The Hall–Kier alpha value is -0.620. The fourth-order valence-electron chi connectivity index (χ4n) is 2.17. The lowest BCUT2D eigenvalue weighted by Crippen LogP contribution is -2.39. The van der Waals surface area contributed by atoms with Gasteiger partial charge in [0.05, 0.1) is 12.6 Å². The van der Waals surface area contributed by atoms with Crippen molar-refractivity contribution < 1.29 is 22.3 Å². The fraction of sp³-hybridized carbons (Fsp3) is 0.857. The Balaban J connectivity index is 2.46. The van der Waals surface area contributed by atoms with Crippen molar-refractivity contribution in [1.29, 1.82) is 0 Å². The Morgan fingerprint density at radius 3 is 2.65 bits per heavy atom. The van der Waals surface area contributed by atoms with Crippen LogP contribution in [0.4, 0.5) is 17.6 Å². The molecule has 1 aliphatic carbocycles. The number of allylic oxidation sites excluding steroid dienone is 1. The van der Waals surface area contributed by atoms with Gasteiger partial charge in [0.2, 0.25) is 0 Å². The molecule has 1 N–H and O–H groups in total. The number of nitrogens with one attached hydrogen (secondary N) is 1. The Morgan fingerprint density at radius 1 is 1.35 bits per heavy atom. The van der Waals surface area contributed by atoms with E-state index in [0.29, 0.717) is 0 Å². The number of halogens is 4. The highest BCUT2D eigenvalue weighted by atomic mass is 19.3. The van der Waals surface area contributed by atoms with Crippen LogP contribution in [0.15, 0.2) is 11.6 Å². The van der Waals surface area contributed by atoms with Gasteiger partial charge in [0.25, 0.3) is 0 Å².